The molecule has 4 aromatic rings. The summed E-state index contributed by atoms with van der Waals surface area (Å²) in [6.45, 7) is 6.58. The summed E-state index contributed by atoms with van der Waals surface area (Å²) in [5, 5.41) is 11.0. The van der Waals surface area contributed by atoms with Gasteiger partial charge in [-0.15, -0.1) is 5.10 Å². The van der Waals surface area contributed by atoms with Crippen molar-refractivity contribution in [2.75, 3.05) is 38.7 Å². The van der Waals surface area contributed by atoms with E-state index in [9.17, 15) is 9.18 Å². The second-order valence-electron chi connectivity index (χ2n) is 9.50. The van der Waals surface area contributed by atoms with E-state index >= 15 is 0 Å². The van der Waals surface area contributed by atoms with Crippen molar-refractivity contribution in [2.45, 2.75) is 26.7 Å². The van der Waals surface area contributed by atoms with E-state index in [0.29, 0.717) is 35.1 Å². The minimum Gasteiger partial charge on any atom is -0.497 e. The minimum absolute atomic E-state index is 0.0295. The Kier molecular flexibility index (Phi) is 7.92. The molecule has 204 valence electrons. The van der Waals surface area contributed by atoms with Gasteiger partial charge in [0.25, 0.3) is 5.91 Å². The molecule has 1 aliphatic heterocycles. The van der Waals surface area contributed by atoms with Gasteiger partial charge in [0.2, 0.25) is 5.88 Å². The number of aryl methyl sites for hydroxylation is 1. The molecule has 10 heteroatoms. The highest BCUT2D eigenvalue weighted by Gasteiger charge is 2.19. The number of rotatable bonds is 9. The van der Waals surface area contributed by atoms with Crippen LogP contribution in [-0.2, 0) is 4.74 Å². The Balaban J connectivity index is 1.53. The van der Waals surface area contributed by atoms with Crippen LogP contribution in [0.15, 0.2) is 48.7 Å². The summed E-state index contributed by atoms with van der Waals surface area (Å²) in [6, 6.07) is 11.7. The molecular formula is C29H32FN5O4. The van der Waals surface area contributed by atoms with Crippen molar-refractivity contribution < 1.29 is 23.4 Å². The van der Waals surface area contributed by atoms with Crippen molar-refractivity contribution in [2.24, 2.45) is 5.92 Å². The molecule has 1 amide bonds. The van der Waals surface area contributed by atoms with Crippen LogP contribution in [0.25, 0.3) is 16.9 Å². The van der Waals surface area contributed by atoms with Gasteiger partial charge in [-0.05, 0) is 62.4 Å². The van der Waals surface area contributed by atoms with Crippen LogP contribution in [0.2, 0.25) is 0 Å². The fourth-order valence-corrected chi connectivity index (χ4v) is 4.67. The number of benzene rings is 2. The fourth-order valence-electron chi connectivity index (χ4n) is 4.67. The van der Waals surface area contributed by atoms with Crippen LogP contribution in [0.4, 0.5) is 10.1 Å². The number of amides is 1. The van der Waals surface area contributed by atoms with E-state index in [4.69, 9.17) is 14.2 Å². The topological polar surface area (TPSA) is 99.0 Å². The van der Waals surface area contributed by atoms with Crippen LogP contribution in [0.3, 0.4) is 0 Å². The van der Waals surface area contributed by atoms with Crippen molar-refractivity contribution in [1.29, 1.82) is 0 Å². The summed E-state index contributed by atoms with van der Waals surface area (Å²) >= 11 is 0. The van der Waals surface area contributed by atoms with Crippen LogP contribution in [0.5, 0.6) is 17.4 Å². The van der Waals surface area contributed by atoms with Gasteiger partial charge in [-0.2, -0.15) is 0 Å². The van der Waals surface area contributed by atoms with Gasteiger partial charge in [-0.25, -0.2) is 13.9 Å². The summed E-state index contributed by atoms with van der Waals surface area (Å²) in [4.78, 5) is 17.0. The molecule has 2 N–H and O–H groups in total. The third-order valence-corrected chi connectivity index (χ3v) is 6.82. The number of hydrogen-bond acceptors (Lipinski definition) is 7. The van der Waals surface area contributed by atoms with E-state index in [1.165, 1.54) is 19.2 Å². The average molecular weight is 534 g/mol. The molecule has 2 aromatic heterocycles. The highest BCUT2D eigenvalue weighted by molar-refractivity contribution is 5.96. The van der Waals surface area contributed by atoms with Gasteiger partial charge in [0.15, 0.2) is 17.2 Å². The number of nitrogens with zero attached hydrogens (tertiary/aromatic N) is 3. The van der Waals surface area contributed by atoms with Crippen molar-refractivity contribution >= 4 is 17.2 Å². The molecule has 1 fully saturated rings. The second kappa shape index (κ2) is 11.7. The van der Waals surface area contributed by atoms with Crippen LogP contribution < -0.4 is 20.1 Å². The third kappa shape index (κ3) is 5.80. The number of fused-ring (bicyclic) bond motifs is 1. The normalized spacial score (nSPS) is 13.8. The van der Waals surface area contributed by atoms with Gasteiger partial charge in [-0.3, -0.25) is 4.79 Å². The van der Waals surface area contributed by atoms with E-state index < -0.39 is 5.82 Å². The molecule has 39 heavy (non-hydrogen) atoms. The first-order chi connectivity index (χ1) is 19.0. The molecule has 1 aliphatic rings. The molecule has 9 nitrogen and oxygen atoms in total. The maximum Gasteiger partial charge on any atom is 0.251 e. The summed E-state index contributed by atoms with van der Waals surface area (Å²) in [7, 11) is 1.48. The lowest BCUT2D eigenvalue weighted by molar-refractivity contribution is 0.0699. The Morgan fingerprint density at radius 1 is 1.18 bits per heavy atom. The smallest absolute Gasteiger partial charge is 0.251 e. The van der Waals surface area contributed by atoms with E-state index in [2.05, 4.69) is 20.7 Å². The van der Waals surface area contributed by atoms with Crippen molar-refractivity contribution in [3.05, 3.63) is 65.6 Å². The Bertz CT molecular complexity index is 1480. The Morgan fingerprint density at radius 3 is 2.72 bits per heavy atom. The number of ether oxygens (including phenoxy) is 3. The first-order valence-electron chi connectivity index (χ1n) is 13.1. The van der Waals surface area contributed by atoms with Crippen LogP contribution in [0.1, 0.15) is 35.7 Å². The highest BCUT2D eigenvalue weighted by Crippen LogP contribution is 2.32. The number of carbonyl (C=O) groups is 1. The van der Waals surface area contributed by atoms with Crippen molar-refractivity contribution in [3.63, 3.8) is 0 Å². The molecule has 0 spiro atoms. The average Bonchev–Trinajstić information content (AvgIpc) is 3.37. The monoisotopic (exact) mass is 533 g/mol. The molecule has 3 heterocycles. The molecule has 0 saturated carbocycles. The predicted molar refractivity (Wildman–Crippen MR) is 146 cm³/mol. The van der Waals surface area contributed by atoms with Gasteiger partial charge >= 0.3 is 0 Å². The molecule has 0 radical (unpaired) electrons. The van der Waals surface area contributed by atoms with Crippen LogP contribution in [0, 0.1) is 18.7 Å². The van der Waals surface area contributed by atoms with Gasteiger partial charge in [0.05, 0.1) is 24.7 Å². The third-order valence-electron chi connectivity index (χ3n) is 6.82. The number of nitrogens with one attached hydrogen (secondary N) is 2. The maximum atomic E-state index is 14.7. The lowest BCUT2D eigenvalue weighted by Crippen LogP contribution is -2.23. The van der Waals surface area contributed by atoms with Crippen LogP contribution in [-0.4, -0.2) is 53.9 Å². The zero-order valence-electron chi connectivity index (χ0n) is 22.3. The SMILES string of the molecule is CCNC(=O)c1ccc(-c2cnc3c(NCC4CCOCC4)cc(Oc4ccc(OC)cc4F)nn23)cc1C. The Labute approximate surface area is 226 Å². The lowest BCUT2D eigenvalue weighted by atomic mass is 10.0. The molecule has 1 saturated heterocycles. The summed E-state index contributed by atoms with van der Waals surface area (Å²) in [5.74, 6) is 0.419. The van der Waals surface area contributed by atoms with E-state index in [1.54, 1.807) is 28.9 Å². The highest BCUT2D eigenvalue weighted by atomic mass is 19.1. The second-order valence-corrected chi connectivity index (χ2v) is 9.50. The summed E-state index contributed by atoms with van der Waals surface area (Å²) in [6.07, 6.45) is 3.69. The summed E-state index contributed by atoms with van der Waals surface area (Å²) in [5.41, 5.74) is 4.33. The number of hydrogen-bond donors (Lipinski definition) is 2. The molecule has 2 aromatic carbocycles. The summed E-state index contributed by atoms with van der Waals surface area (Å²) < 4.78 is 32.9. The number of halogens is 1. The van der Waals surface area contributed by atoms with E-state index in [0.717, 1.165) is 49.4 Å². The van der Waals surface area contributed by atoms with Crippen LogP contribution >= 0.6 is 0 Å². The predicted octanol–water partition coefficient (Wildman–Crippen LogP) is 5.23. The Morgan fingerprint density at radius 2 is 2.00 bits per heavy atom. The zero-order valence-corrected chi connectivity index (χ0v) is 22.3. The van der Waals surface area contributed by atoms with E-state index in [-0.39, 0.29) is 17.5 Å². The maximum absolute atomic E-state index is 14.7. The van der Waals surface area contributed by atoms with Crippen molar-refractivity contribution in [3.8, 4) is 28.6 Å². The quantitative estimate of drug-likeness (QED) is 0.304. The molecule has 0 atom stereocenters. The first-order valence-corrected chi connectivity index (χ1v) is 13.1. The molecule has 5 rings (SSSR count). The first kappa shape index (κ1) is 26.4. The van der Waals surface area contributed by atoms with Gasteiger partial charge in [0.1, 0.15) is 5.75 Å². The molecule has 0 unspecified atom stereocenters. The number of aromatic nitrogens is 3. The zero-order chi connectivity index (χ0) is 27.4. The number of anilines is 1. The van der Waals surface area contributed by atoms with Gasteiger partial charge < -0.3 is 24.8 Å². The molecular weight excluding hydrogens is 501 g/mol. The minimum atomic E-state index is -0.560. The molecule has 0 aliphatic carbocycles. The number of carbonyl (C=O) groups excluding carboxylic acids is 1. The lowest BCUT2D eigenvalue weighted by Gasteiger charge is -2.22. The Hall–Kier alpha value is -4.18. The number of methoxy groups -OCH3 is 1. The van der Waals surface area contributed by atoms with Gasteiger partial charge in [0, 0.05) is 49.6 Å². The molecule has 0 bridgehead atoms. The largest absolute Gasteiger partial charge is 0.497 e. The number of imidazole rings is 1. The van der Waals surface area contributed by atoms with Gasteiger partial charge in [-0.1, -0.05) is 6.07 Å². The van der Waals surface area contributed by atoms with Crippen molar-refractivity contribution in [1.82, 2.24) is 19.9 Å². The fraction of sp³-hybridized carbons (Fsp3) is 0.345. The van der Waals surface area contributed by atoms with E-state index in [1.807, 2.05) is 26.0 Å². The standard InChI is InChI=1S/C29H32FN5O4/c1-4-31-29(36)22-7-5-20(13-18(22)2)25-17-33-28-24(32-16-19-9-11-38-12-10-19)15-27(34-35(25)28)39-26-8-6-21(37-3)14-23(26)30/h5-8,13-15,17,19,32H,4,9-12,16H2,1-3H3,(H,31,36).